The van der Waals surface area contributed by atoms with Crippen molar-refractivity contribution >= 4 is 21.6 Å². The fourth-order valence-corrected chi connectivity index (χ4v) is 3.21. The van der Waals surface area contributed by atoms with Gasteiger partial charge in [0.1, 0.15) is 0 Å². The standard InChI is InChI=1S/C16H25BrN2O/c1-12(2)18-10-13-6-7-14(9-16(13)17)19-8-4-3-5-15(19)11-20/h6-7,9,12,15,18,20H,3-5,8,10-11H2,1-2H3. The van der Waals surface area contributed by atoms with E-state index in [0.717, 1.165) is 24.0 Å². The predicted molar refractivity (Wildman–Crippen MR) is 88.2 cm³/mol. The second-order valence-electron chi connectivity index (χ2n) is 5.84. The summed E-state index contributed by atoms with van der Waals surface area (Å²) >= 11 is 3.68. The van der Waals surface area contributed by atoms with Crippen LogP contribution in [0.2, 0.25) is 0 Å². The van der Waals surface area contributed by atoms with Crippen molar-refractivity contribution in [1.82, 2.24) is 5.32 Å². The topological polar surface area (TPSA) is 35.5 Å². The van der Waals surface area contributed by atoms with Crippen molar-refractivity contribution in [3.8, 4) is 0 Å². The summed E-state index contributed by atoms with van der Waals surface area (Å²) in [5.74, 6) is 0. The Morgan fingerprint density at radius 2 is 2.20 bits per heavy atom. The maximum atomic E-state index is 9.53. The van der Waals surface area contributed by atoms with E-state index in [1.165, 1.54) is 24.1 Å². The number of hydrogen-bond donors (Lipinski definition) is 2. The summed E-state index contributed by atoms with van der Waals surface area (Å²) in [5.41, 5.74) is 2.49. The van der Waals surface area contributed by atoms with Gasteiger partial charge in [-0.2, -0.15) is 0 Å². The summed E-state index contributed by atoms with van der Waals surface area (Å²) in [6, 6.07) is 7.30. The number of aliphatic hydroxyl groups excluding tert-OH is 1. The normalized spacial score (nSPS) is 19.6. The maximum Gasteiger partial charge on any atom is 0.0635 e. The average Bonchev–Trinajstić information content (AvgIpc) is 2.45. The van der Waals surface area contributed by atoms with E-state index in [4.69, 9.17) is 0 Å². The maximum absolute atomic E-state index is 9.53. The minimum absolute atomic E-state index is 0.244. The molecule has 1 aliphatic rings. The molecule has 1 heterocycles. The molecule has 0 radical (unpaired) electrons. The summed E-state index contributed by atoms with van der Waals surface area (Å²) in [6.45, 7) is 6.47. The summed E-state index contributed by atoms with van der Waals surface area (Å²) in [6.07, 6.45) is 3.52. The molecule has 1 fully saturated rings. The van der Waals surface area contributed by atoms with Crippen molar-refractivity contribution in [2.45, 2.75) is 51.7 Å². The van der Waals surface area contributed by atoms with E-state index in [1.807, 2.05) is 0 Å². The lowest BCUT2D eigenvalue weighted by Crippen LogP contribution is -2.41. The Morgan fingerprint density at radius 1 is 1.40 bits per heavy atom. The van der Waals surface area contributed by atoms with E-state index >= 15 is 0 Å². The monoisotopic (exact) mass is 340 g/mol. The van der Waals surface area contributed by atoms with Crippen LogP contribution in [0.3, 0.4) is 0 Å². The fourth-order valence-electron chi connectivity index (χ4n) is 2.70. The average molecular weight is 341 g/mol. The number of hydrogen-bond acceptors (Lipinski definition) is 3. The number of anilines is 1. The predicted octanol–water partition coefficient (Wildman–Crippen LogP) is 3.30. The van der Waals surface area contributed by atoms with E-state index < -0.39 is 0 Å². The third-order valence-corrected chi connectivity index (χ3v) is 4.65. The zero-order valence-corrected chi connectivity index (χ0v) is 14.0. The smallest absolute Gasteiger partial charge is 0.0635 e. The molecule has 0 amide bonds. The highest BCUT2D eigenvalue weighted by Gasteiger charge is 2.22. The summed E-state index contributed by atoms with van der Waals surface area (Å²) in [5, 5.41) is 13.0. The molecular formula is C16H25BrN2O. The van der Waals surface area contributed by atoms with Gasteiger partial charge in [0.2, 0.25) is 0 Å². The largest absolute Gasteiger partial charge is 0.394 e. The second-order valence-corrected chi connectivity index (χ2v) is 6.69. The lowest BCUT2D eigenvalue weighted by atomic mass is 10.0. The van der Waals surface area contributed by atoms with Gasteiger partial charge in [-0.25, -0.2) is 0 Å². The summed E-state index contributed by atoms with van der Waals surface area (Å²) < 4.78 is 1.14. The van der Waals surface area contributed by atoms with Gasteiger partial charge in [-0.15, -0.1) is 0 Å². The number of halogens is 1. The minimum Gasteiger partial charge on any atom is -0.394 e. The first-order valence-electron chi connectivity index (χ1n) is 7.51. The van der Waals surface area contributed by atoms with Gasteiger partial charge >= 0.3 is 0 Å². The van der Waals surface area contributed by atoms with Gasteiger partial charge in [0.05, 0.1) is 12.6 Å². The first kappa shape index (κ1) is 15.8. The van der Waals surface area contributed by atoms with Crippen LogP contribution in [0.4, 0.5) is 5.69 Å². The van der Waals surface area contributed by atoms with Crippen LogP contribution in [0.1, 0.15) is 38.7 Å². The van der Waals surface area contributed by atoms with Crippen molar-refractivity contribution in [2.75, 3.05) is 18.1 Å². The van der Waals surface area contributed by atoms with Crippen LogP contribution in [0.5, 0.6) is 0 Å². The first-order valence-corrected chi connectivity index (χ1v) is 8.30. The van der Waals surface area contributed by atoms with Crippen LogP contribution in [-0.2, 0) is 6.54 Å². The Hall–Kier alpha value is -0.580. The highest BCUT2D eigenvalue weighted by atomic mass is 79.9. The molecule has 1 unspecified atom stereocenters. The van der Waals surface area contributed by atoms with Gasteiger partial charge in [-0.1, -0.05) is 35.8 Å². The summed E-state index contributed by atoms with van der Waals surface area (Å²) in [4.78, 5) is 2.34. The number of piperidine rings is 1. The molecule has 1 aromatic carbocycles. The lowest BCUT2D eigenvalue weighted by Gasteiger charge is -2.36. The van der Waals surface area contributed by atoms with Crippen molar-refractivity contribution in [3.63, 3.8) is 0 Å². The minimum atomic E-state index is 0.244. The van der Waals surface area contributed by atoms with E-state index in [1.54, 1.807) is 0 Å². The van der Waals surface area contributed by atoms with Gasteiger partial charge in [0, 0.05) is 29.3 Å². The Kier molecular flexibility index (Phi) is 5.87. The highest BCUT2D eigenvalue weighted by Crippen LogP contribution is 2.29. The SMILES string of the molecule is CC(C)NCc1ccc(N2CCCCC2CO)cc1Br. The van der Waals surface area contributed by atoms with Crippen molar-refractivity contribution < 1.29 is 5.11 Å². The van der Waals surface area contributed by atoms with Gasteiger partial charge in [-0.3, -0.25) is 0 Å². The molecule has 1 atom stereocenters. The Labute approximate surface area is 130 Å². The third-order valence-electron chi connectivity index (χ3n) is 3.91. The number of benzene rings is 1. The van der Waals surface area contributed by atoms with E-state index in [2.05, 4.69) is 58.2 Å². The van der Waals surface area contributed by atoms with Gasteiger partial charge in [-0.05, 0) is 37.0 Å². The molecule has 2 rings (SSSR count). The molecular weight excluding hydrogens is 316 g/mol. The van der Waals surface area contributed by atoms with Crippen LogP contribution < -0.4 is 10.2 Å². The number of nitrogens with one attached hydrogen (secondary N) is 1. The molecule has 20 heavy (non-hydrogen) atoms. The van der Waals surface area contributed by atoms with Gasteiger partial charge in [0.25, 0.3) is 0 Å². The summed E-state index contributed by atoms with van der Waals surface area (Å²) in [7, 11) is 0. The van der Waals surface area contributed by atoms with Crippen molar-refractivity contribution in [1.29, 1.82) is 0 Å². The molecule has 1 saturated heterocycles. The third kappa shape index (κ3) is 3.96. The van der Waals surface area contributed by atoms with Crippen LogP contribution in [0.15, 0.2) is 22.7 Å². The molecule has 3 nitrogen and oxygen atoms in total. The van der Waals surface area contributed by atoms with E-state index in [9.17, 15) is 5.11 Å². The lowest BCUT2D eigenvalue weighted by molar-refractivity contribution is 0.240. The zero-order valence-electron chi connectivity index (χ0n) is 12.4. The first-order chi connectivity index (χ1) is 9.61. The fraction of sp³-hybridized carbons (Fsp3) is 0.625. The Balaban J connectivity index is 2.11. The molecule has 1 aliphatic heterocycles. The van der Waals surface area contributed by atoms with Crippen molar-refractivity contribution in [2.24, 2.45) is 0 Å². The van der Waals surface area contributed by atoms with E-state index in [0.29, 0.717) is 6.04 Å². The zero-order chi connectivity index (χ0) is 14.5. The molecule has 2 N–H and O–H groups in total. The molecule has 112 valence electrons. The van der Waals surface area contributed by atoms with Crippen LogP contribution in [0, 0.1) is 0 Å². The van der Waals surface area contributed by atoms with E-state index in [-0.39, 0.29) is 12.6 Å². The van der Waals surface area contributed by atoms with Crippen LogP contribution >= 0.6 is 15.9 Å². The van der Waals surface area contributed by atoms with Gasteiger partial charge in [0.15, 0.2) is 0 Å². The van der Waals surface area contributed by atoms with Gasteiger partial charge < -0.3 is 15.3 Å². The number of nitrogens with zero attached hydrogens (tertiary/aromatic N) is 1. The number of rotatable bonds is 5. The number of aliphatic hydroxyl groups is 1. The molecule has 0 aromatic heterocycles. The Morgan fingerprint density at radius 3 is 2.85 bits per heavy atom. The Bertz CT molecular complexity index is 436. The van der Waals surface area contributed by atoms with Crippen molar-refractivity contribution in [3.05, 3.63) is 28.2 Å². The quantitative estimate of drug-likeness (QED) is 0.863. The molecule has 0 spiro atoms. The van der Waals surface area contributed by atoms with Crippen LogP contribution in [0.25, 0.3) is 0 Å². The molecule has 0 saturated carbocycles. The van der Waals surface area contributed by atoms with Crippen LogP contribution in [-0.4, -0.2) is 30.3 Å². The second kappa shape index (κ2) is 7.43. The molecule has 0 aliphatic carbocycles. The molecule has 1 aromatic rings. The molecule has 0 bridgehead atoms. The molecule has 4 heteroatoms. The highest BCUT2D eigenvalue weighted by molar-refractivity contribution is 9.10.